The highest BCUT2D eigenvalue weighted by Gasteiger charge is 2.37. The number of hydrogen-bond acceptors (Lipinski definition) is 4. The molecular weight excluding hydrogens is 655 g/mol. The van der Waals surface area contributed by atoms with Gasteiger partial charge in [-0.15, -0.1) is 0 Å². The Morgan fingerprint density at radius 2 is 1.59 bits per heavy atom. The SMILES string of the molecule is Cc1cc(Cn2c(C)c(C(=O)N[C@H](c3cccc(F)c3)C3CCC3)c3c([C@@H](c4cccc(F)c4C(N)=O)C4CCC4)ccc(F)c3c2=O)nn1C. The zero-order valence-electron chi connectivity index (χ0n) is 28.8. The van der Waals surface area contributed by atoms with Crippen LogP contribution in [0.1, 0.15) is 105 Å². The summed E-state index contributed by atoms with van der Waals surface area (Å²) < 4.78 is 49.1. The Kier molecular flexibility index (Phi) is 9.07. The molecule has 51 heavy (non-hydrogen) atoms. The highest BCUT2D eigenvalue weighted by molar-refractivity contribution is 6.09. The number of pyridine rings is 1. The monoisotopic (exact) mass is 695 g/mol. The number of primary amides is 1. The second-order valence-electron chi connectivity index (χ2n) is 14.1. The van der Waals surface area contributed by atoms with Gasteiger partial charge in [0.1, 0.15) is 17.5 Å². The number of carbonyl (C=O) groups is 2. The first-order valence-corrected chi connectivity index (χ1v) is 17.4. The average Bonchev–Trinajstić information content (AvgIpc) is 3.35. The van der Waals surface area contributed by atoms with E-state index in [9.17, 15) is 18.8 Å². The molecule has 0 unspecified atom stereocenters. The number of rotatable bonds is 10. The van der Waals surface area contributed by atoms with Crippen LogP contribution in [0.4, 0.5) is 13.2 Å². The third kappa shape index (κ3) is 6.12. The quantitative estimate of drug-likeness (QED) is 0.162. The second kappa shape index (κ2) is 13.5. The summed E-state index contributed by atoms with van der Waals surface area (Å²) in [5.41, 5.74) is 7.94. The van der Waals surface area contributed by atoms with E-state index in [0.29, 0.717) is 22.4 Å². The van der Waals surface area contributed by atoms with E-state index in [1.807, 2.05) is 13.0 Å². The molecule has 0 bridgehead atoms. The largest absolute Gasteiger partial charge is 0.365 e. The highest BCUT2D eigenvalue weighted by Crippen LogP contribution is 2.47. The standard InChI is InChI=1S/C40H40F3N5O3/c1-21-18-27(46-47(21)3)20-48-22(2)32(39(50)45-37(24-10-5-11-24)25-12-6-13-26(41)19-25)35-29(16-17-31(43)36(35)40(48)51)33(23-8-4-9-23)28-14-7-15-30(42)34(28)38(44)49/h6-7,12-19,23-24,33,37H,4-5,8-11,20H2,1-3H3,(H2,44,49)(H,45,50)/t33-,37+/m1/s1. The lowest BCUT2D eigenvalue weighted by Gasteiger charge is -2.37. The van der Waals surface area contributed by atoms with Crippen molar-refractivity contribution in [3.63, 3.8) is 0 Å². The predicted octanol–water partition coefficient (Wildman–Crippen LogP) is 7.12. The van der Waals surface area contributed by atoms with Crippen LogP contribution in [-0.2, 0) is 13.6 Å². The van der Waals surface area contributed by atoms with Crippen LogP contribution in [0.2, 0.25) is 0 Å². The Labute approximate surface area is 293 Å². The van der Waals surface area contributed by atoms with Gasteiger partial charge in [-0.1, -0.05) is 43.2 Å². The van der Waals surface area contributed by atoms with Gasteiger partial charge in [-0.3, -0.25) is 19.1 Å². The van der Waals surface area contributed by atoms with Gasteiger partial charge in [0, 0.05) is 29.7 Å². The van der Waals surface area contributed by atoms with Crippen molar-refractivity contribution < 1.29 is 22.8 Å². The molecular formula is C40H40F3N5O3. The van der Waals surface area contributed by atoms with E-state index in [0.717, 1.165) is 50.3 Å². The fourth-order valence-electron chi connectivity index (χ4n) is 7.94. The Bertz CT molecular complexity index is 2230. The van der Waals surface area contributed by atoms with Crippen LogP contribution in [0, 0.1) is 43.1 Å². The molecule has 11 heteroatoms. The maximum atomic E-state index is 16.2. The van der Waals surface area contributed by atoms with Crippen LogP contribution >= 0.6 is 0 Å². The van der Waals surface area contributed by atoms with Crippen LogP contribution < -0.4 is 16.6 Å². The molecule has 0 radical (unpaired) electrons. The number of amides is 2. The molecule has 2 aliphatic rings. The minimum absolute atomic E-state index is 0.0239. The van der Waals surface area contributed by atoms with Crippen LogP contribution in [0.25, 0.3) is 10.8 Å². The first-order chi connectivity index (χ1) is 24.4. The molecule has 3 aromatic carbocycles. The normalized spacial score (nSPS) is 16.0. The van der Waals surface area contributed by atoms with Crippen molar-refractivity contribution in [1.82, 2.24) is 19.7 Å². The van der Waals surface area contributed by atoms with Crippen molar-refractivity contribution in [1.29, 1.82) is 0 Å². The molecule has 3 N–H and O–H groups in total. The molecule has 0 spiro atoms. The zero-order valence-corrected chi connectivity index (χ0v) is 28.8. The third-order valence-corrected chi connectivity index (χ3v) is 11.1. The average molecular weight is 696 g/mol. The fraction of sp³-hybridized carbons (Fsp3) is 0.350. The molecule has 0 aliphatic heterocycles. The maximum Gasteiger partial charge on any atom is 0.262 e. The summed E-state index contributed by atoms with van der Waals surface area (Å²) >= 11 is 0. The van der Waals surface area contributed by atoms with Crippen molar-refractivity contribution in [3.05, 3.63) is 133 Å². The Morgan fingerprint density at radius 3 is 2.20 bits per heavy atom. The number of halogens is 3. The number of aromatic nitrogens is 3. The number of carbonyl (C=O) groups excluding carboxylic acids is 2. The lowest BCUT2D eigenvalue weighted by atomic mass is 9.68. The summed E-state index contributed by atoms with van der Waals surface area (Å²) in [6.07, 6.45) is 4.99. The van der Waals surface area contributed by atoms with Gasteiger partial charge >= 0.3 is 0 Å². The highest BCUT2D eigenvalue weighted by atomic mass is 19.1. The zero-order chi connectivity index (χ0) is 36.1. The van der Waals surface area contributed by atoms with Gasteiger partial charge in [-0.2, -0.15) is 5.10 Å². The molecule has 8 nitrogen and oxygen atoms in total. The lowest BCUT2D eigenvalue weighted by molar-refractivity contribution is 0.0899. The molecule has 2 saturated carbocycles. The fourth-order valence-corrected chi connectivity index (χ4v) is 7.94. The second-order valence-corrected chi connectivity index (χ2v) is 14.1. The summed E-state index contributed by atoms with van der Waals surface area (Å²) in [7, 11) is 1.78. The topological polar surface area (TPSA) is 112 Å². The van der Waals surface area contributed by atoms with Gasteiger partial charge in [0.05, 0.1) is 34.8 Å². The first kappa shape index (κ1) is 34.3. The van der Waals surface area contributed by atoms with Crippen molar-refractivity contribution in [3.8, 4) is 0 Å². The molecule has 264 valence electrons. The molecule has 0 saturated heterocycles. The smallest absolute Gasteiger partial charge is 0.262 e. The molecule has 2 atom stereocenters. The summed E-state index contributed by atoms with van der Waals surface area (Å²) in [5, 5.41) is 7.49. The number of nitrogens with two attached hydrogens (primary N) is 1. The predicted molar refractivity (Wildman–Crippen MR) is 188 cm³/mol. The molecule has 2 amide bonds. The number of nitrogens with zero attached hydrogens (tertiary/aromatic N) is 3. The molecule has 2 heterocycles. The summed E-state index contributed by atoms with van der Waals surface area (Å²) in [5.74, 6) is -4.25. The van der Waals surface area contributed by atoms with Gasteiger partial charge in [-0.05, 0) is 98.4 Å². The summed E-state index contributed by atoms with van der Waals surface area (Å²) in [4.78, 5) is 42.0. The number of nitrogens with one attached hydrogen (secondary N) is 1. The van der Waals surface area contributed by atoms with Gasteiger partial charge in [-0.25, -0.2) is 13.2 Å². The number of hydrogen-bond donors (Lipinski definition) is 2. The maximum absolute atomic E-state index is 16.2. The minimum Gasteiger partial charge on any atom is -0.365 e. The molecule has 7 rings (SSSR count). The molecule has 2 aromatic heterocycles. The Balaban J connectivity index is 1.50. The third-order valence-electron chi connectivity index (χ3n) is 11.1. The van der Waals surface area contributed by atoms with Crippen molar-refractivity contribution in [2.24, 2.45) is 24.6 Å². The van der Waals surface area contributed by atoms with Gasteiger partial charge in [0.2, 0.25) is 0 Å². The van der Waals surface area contributed by atoms with E-state index in [1.54, 1.807) is 36.9 Å². The summed E-state index contributed by atoms with van der Waals surface area (Å²) in [6, 6.07) is 14.4. The number of aryl methyl sites for hydroxylation is 2. The van der Waals surface area contributed by atoms with Crippen LogP contribution in [0.15, 0.2) is 65.5 Å². The van der Waals surface area contributed by atoms with Gasteiger partial charge in [0.25, 0.3) is 17.4 Å². The van der Waals surface area contributed by atoms with Crippen molar-refractivity contribution in [2.75, 3.05) is 0 Å². The Hall–Kier alpha value is -5.19. The van der Waals surface area contributed by atoms with Crippen LogP contribution in [-0.4, -0.2) is 26.2 Å². The molecule has 2 aliphatic carbocycles. The van der Waals surface area contributed by atoms with E-state index in [-0.39, 0.29) is 46.0 Å². The Morgan fingerprint density at radius 1 is 0.882 bits per heavy atom. The van der Waals surface area contributed by atoms with Crippen LogP contribution in [0.3, 0.4) is 0 Å². The van der Waals surface area contributed by atoms with E-state index < -0.39 is 46.8 Å². The van der Waals surface area contributed by atoms with E-state index in [1.165, 1.54) is 34.9 Å². The lowest BCUT2D eigenvalue weighted by Crippen LogP contribution is -2.38. The van der Waals surface area contributed by atoms with Crippen molar-refractivity contribution >= 4 is 22.6 Å². The molecule has 5 aromatic rings. The van der Waals surface area contributed by atoms with E-state index in [4.69, 9.17) is 5.73 Å². The van der Waals surface area contributed by atoms with Crippen molar-refractivity contribution in [2.45, 2.75) is 70.9 Å². The van der Waals surface area contributed by atoms with Gasteiger partial charge < -0.3 is 15.6 Å². The number of fused-ring (bicyclic) bond motifs is 1. The number of benzene rings is 3. The van der Waals surface area contributed by atoms with E-state index in [2.05, 4.69) is 10.4 Å². The minimum atomic E-state index is -0.945. The molecule has 2 fully saturated rings. The first-order valence-electron chi connectivity index (χ1n) is 17.4. The van der Waals surface area contributed by atoms with E-state index >= 15 is 8.78 Å². The van der Waals surface area contributed by atoms with Crippen LogP contribution in [0.5, 0.6) is 0 Å². The summed E-state index contributed by atoms with van der Waals surface area (Å²) in [6.45, 7) is 3.50. The van der Waals surface area contributed by atoms with Gasteiger partial charge in [0.15, 0.2) is 0 Å².